The van der Waals surface area contributed by atoms with Gasteiger partial charge in [-0.25, -0.2) is 4.79 Å². The Morgan fingerprint density at radius 1 is 1.31 bits per heavy atom. The second kappa shape index (κ2) is 3.81. The Morgan fingerprint density at radius 2 is 2.00 bits per heavy atom. The van der Waals surface area contributed by atoms with Crippen molar-refractivity contribution in [3.8, 4) is 0 Å². The van der Waals surface area contributed by atoms with Crippen LogP contribution in [-0.2, 0) is 0 Å². The second-order valence-electron chi connectivity index (χ2n) is 3.84. The molecule has 0 aromatic carbocycles. The van der Waals surface area contributed by atoms with Crippen molar-refractivity contribution in [3.63, 3.8) is 0 Å². The Balaban J connectivity index is 1.70. The van der Waals surface area contributed by atoms with Gasteiger partial charge in [0.05, 0.1) is 0 Å². The topological polar surface area (TPSA) is 32.3 Å². The van der Waals surface area contributed by atoms with Crippen LogP contribution >= 0.6 is 0 Å². The minimum absolute atomic E-state index is 0.0643. The zero-order valence-electron chi connectivity index (χ0n) is 7.83. The molecule has 1 N–H and O–H groups in total. The smallest absolute Gasteiger partial charge is 0.321 e. The summed E-state index contributed by atoms with van der Waals surface area (Å²) in [6, 6.07) is 0.0643. The molecule has 1 aliphatic heterocycles. The monoisotopic (exact) mass is 180 g/mol. The molecule has 2 amide bonds. The van der Waals surface area contributed by atoms with Gasteiger partial charge in [-0.05, 0) is 31.6 Å². The fraction of sp³-hybridized carbons (Fsp3) is 0.700. The molecule has 3 nitrogen and oxygen atoms in total. The van der Waals surface area contributed by atoms with E-state index in [-0.39, 0.29) is 6.03 Å². The van der Waals surface area contributed by atoms with Crippen LogP contribution in [-0.4, -0.2) is 24.0 Å². The first-order chi connectivity index (χ1) is 6.36. The van der Waals surface area contributed by atoms with Gasteiger partial charge in [-0.1, -0.05) is 6.08 Å². The van der Waals surface area contributed by atoms with Gasteiger partial charge in [-0.15, -0.1) is 0 Å². The zero-order chi connectivity index (χ0) is 9.10. The van der Waals surface area contributed by atoms with E-state index in [0.29, 0.717) is 0 Å². The summed E-state index contributed by atoms with van der Waals surface area (Å²) in [4.78, 5) is 13.3. The molecule has 13 heavy (non-hydrogen) atoms. The fourth-order valence-electron chi connectivity index (χ4n) is 1.56. The second-order valence-corrected chi connectivity index (χ2v) is 3.84. The molecule has 1 heterocycles. The molecule has 2 aliphatic rings. The van der Waals surface area contributed by atoms with Crippen LogP contribution in [0.4, 0.5) is 4.79 Å². The molecule has 1 saturated carbocycles. The van der Waals surface area contributed by atoms with E-state index in [1.54, 1.807) is 6.20 Å². The van der Waals surface area contributed by atoms with E-state index in [1.807, 2.05) is 4.90 Å². The van der Waals surface area contributed by atoms with Gasteiger partial charge in [-0.2, -0.15) is 0 Å². The number of nitrogens with zero attached hydrogens (tertiary/aromatic N) is 1. The first-order valence-corrected chi connectivity index (χ1v) is 5.08. The number of hydrogen-bond acceptors (Lipinski definition) is 1. The Hall–Kier alpha value is -0.990. The van der Waals surface area contributed by atoms with Gasteiger partial charge in [0.1, 0.15) is 0 Å². The van der Waals surface area contributed by atoms with Crippen LogP contribution < -0.4 is 5.32 Å². The van der Waals surface area contributed by atoms with Gasteiger partial charge in [0.15, 0.2) is 0 Å². The number of rotatable bonds is 2. The predicted molar refractivity (Wildman–Crippen MR) is 51.2 cm³/mol. The van der Waals surface area contributed by atoms with Crippen molar-refractivity contribution in [1.29, 1.82) is 0 Å². The Kier molecular flexibility index (Phi) is 2.52. The molecule has 72 valence electrons. The Bertz CT molecular complexity index is 215. The molecule has 2 rings (SSSR count). The number of hydrogen-bond donors (Lipinski definition) is 1. The third-order valence-corrected chi connectivity index (χ3v) is 2.59. The van der Waals surface area contributed by atoms with Crippen molar-refractivity contribution >= 4 is 6.03 Å². The molecule has 2 fully saturated rings. The van der Waals surface area contributed by atoms with Crippen molar-refractivity contribution in [1.82, 2.24) is 10.2 Å². The van der Waals surface area contributed by atoms with Crippen LogP contribution in [0.2, 0.25) is 0 Å². The van der Waals surface area contributed by atoms with E-state index in [4.69, 9.17) is 0 Å². The summed E-state index contributed by atoms with van der Waals surface area (Å²) in [6.07, 6.45) is 8.78. The van der Waals surface area contributed by atoms with Crippen molar-refractivity contribution < 1.29 is 4.79 Å². The van der Waals surface area contributed by atoms with Gasteiger partial charge < -0.3 is 10.2 Å². The summed E-state index contributed by atoms with van der Waals surface area (Å²) in [5.41, 5.74) is 0. The molecule has 0 aromatic heterocycles. The first kappa shape index (κ1) is 8.60. The Morgan fingerprint density at radius 3 is 2.62 bits per heavy atom. The quantitative estimate of drug-likeness (QED) is 0.689. The SMILES string of the molecule is O=C(N/C=C/C1CC1)N1CCCC1. The van der Waals surface area contributed by atoms with Gasteiger partial charge in [0.25, 0.3) is 0 Å². The van der Waals surface area contributed by atoms with Crippen molar-refractivity contribution in [3.05, 3.63) is 12.3 Å². The van der Waals surface area contributed by atoms with Crippen LogP contribution in [0.25, 0.3) is 0 Å². The molecular formula is C10H16N2O. The summed E-state index contributed by atoms with van der Waals surface area (Å²) in [6.45, 7) is 1.84. The highest BCUT2D eigenvalue weighted by Gasteiger charge is 2.18. The minimum Gasteiger partial charge on any atom is -0.325 e. The number of urea groups is 1. The lowest BCUT2D eigenvalue weighted by Gasteiger charge is -2.13. The van der Waals surface area contributed by atoms with Gasteiger partial charge in [-0.3, -0.25) is 0 Å². The van der Waals surface area contributed by atoms with E-state index in [9.17, 15) is 4.79 Å². The van der Waals surface area contributed by atoms with E-state index in [0.717, 1.165) is 31.8 Å². The number of likely N-dealkylation sites (tertiary alicyclic amines) is 1. The summed E-state index contributed by atoms with van der Waals surface area (Å²) in [5.74, 6) is 0.735. The maximum Gasteiger partial charge on any atom is 0.321 e. The summed E-state index contributed by atoms with van der Waals surface area (Å²) in [5, 5.41) is 2.80. The summed E-state index contributed by atoms with van der Waals surface area (Å²) < 4.78 is 0. The fourth-order valence-corrected chi connectivity index (χ4v) is 1.56. The normalized spacial score (nSPS) is 22.6. The first-order valence-electron chi connectivity index (χ1n) is 5.08. The lowest BCUT2D eigenvalue weighted by Crippen LogP contribution is -2.35. The minimum atomic E-state index is 0.0643. The largest absolute Gasteiger partial charge is 0.325 e. The van der Waals surface area contributed by atoms with E-state index in [2.05, 4.69) is 11.4 Å². The molecule has 0 aromatic rings. The highest BCUT2D eigenvalue weighted by Crippen LogP contribution is 2.29. The van der Waals surface area contributed by atoms with E-state index in [1.165, 1.54) is 12.8 Å². The molecule has 0 spiro atoms. The number of carbonyl (C=O) groups excluding carboxylic acids is 1. The van der Waals surface area contributed by atoms with E-state index >= 15 is 0 Å². The molecule has 0 radical (unpaired) electrons. The van der Waals surface area contributed by atoms with Crippen LogP contribution in [0.15, 0.2) is 12.3 Å². The van der Waals surface area contributed by atoms with Crippen LogP contribution in [0.1, 0.15) is 25.7 Å². The summed E-state index contributed by atoms with van der Waals surface area (Å²) in [7, 11) is 0. The summed E-state index contributed by atoms with van der Waals surface area (Å²) >= 11 is 0. The highest BCUT2D eigenvalue weighted by atomic mass is 16.2. The standard InChI is InChI=1S/C10H16N2O/c13-10(12-7-1-2-8-12)11-6-5-9-3-4-9/h5-6,9H,1-4,7-8H2,(H,11,13)/b6-5+. The average molecular weight is 180 g/mol. The maximum atomic E-state index is 11.4. The molecule has 3 heteroatoms. The molecule has 0 unspecified atom stereocenters. The van der Waals surface area contributed by atoms with Crippen molar-refractivity contribution in [2.24, 2.45) is 5.92 Å². The Labute approximate surface area is 78.8 Å². The molecule has 1 saturated heterocycles. The van der Waals surface area contributed by atoms with Crippen LogP contribution in [0.3, 0.4) is 0 Å². The van der Waals surface area contributed by atoms with Crippen molar-refractivity contribution in [2.45, 2.75) is 25.7 Å². The van der Waals surface area contributed by atoms with Gasteiger partial charge in [0, 0.05) is 19.3 Å². The zero-order valence-corrected chi connectivity index (χ0v) is 7.83. The lowest BCUT2D eigenvalue weighted by atomic mass is 10.4. The number of nitrogens with one attached hydrogen (secondary N) is 1. The predicted octanol–water partition coefficient (Wildman–Crippen LogP) is 1.72. The van der Waals surface area contributed by atoms with Crippen molar-refractivity contribution in [2.75, 3.05) is 13.1 Å². The lowest BCUT2D eigenvalue weighted by molar-refractivity contribution is 0.212. The number of allylic oxidation sites excluding steroid dienone is 1. The van der Waals surface area contributed by atoms with E-state index < -0.39 is 0 Å². The molecular weight excluding hydrogens is 164 g/mol. The number of carbonyl (C=O) groups is 1. The third kappa shape index (κ3) is 2.47. The highest BCUT2D eigenvalue weighted by molar-refractivity contribution is 5.75. The van der Waals surface area contributed by atoms with Crippen LogP contribution in [0, 0.1) is 5.92 Å². The molecule has 0 atom stereocenters. The molecule has 0 bridgehead atoms. The van der Waals surface area contributed by atoms with Crippen LogP contribution in [0.5, 0.6) is 0 Å². The number of amides is 2. The maximum absolute atomic E-state index is 11.4. The third-order valence-electron chi connectivity index (χ3n) is 2.59. The van der Waals surface area contributed by atoms with Gasteiger partial charge in [0.2, 0.25) is 0 Å². The molecule has 1 aliphatic carbocycles. The van der Waals surface area contributed by atoms with Gasteiger partial charge >= 0.3 is 6.03 Å². The average Bonchev–Trinajstić information content (AvgIpc) is 2.80.